The van der Waals surface area contributed by atoms with Crippen molar-refractivity contribution >= 4 is 34.7 Å². The van der Waals surface area contributed by atoms with E-state index in [0.29, 0.717) is 15.6 Å². The second-order valence-corrected chi connectivity index (χ2v) is 4.28. The largest absolute Gasteiger partial charge is 0.478 e. The molecule has 0 saturated heterocycles. The van der Waals surface area contributed by atoms with E-state index >= 15 is 0 Å². The minimum absolute atomic E-state index is 0.131. The maximum absolute atomic E-state index is 11.1. The molecule has 0 aliphatic heterocycles. The van der Waals surface area contributed by atoms with Crippen molar-refractivity contribution in [2.75, 3.05) is 14.1 Å². The molecule has 0 unspecified atom stereocenters. The molecule has 0 amide bonds. The molecular weight excluding hydrogens is 249 g/mol. The van der Waals surface area contributed by atoms with Crippen LogP contribution < -0.4 is 0 Å². The summed E-state index contributed by atoms with van der Waals surface area (Å²) in [5, 5.41) is 9.88. The lowest BCUT2D eigenvalue weighted by molar-refractivity contribution is -0.130. The number of hydrogen-bond acceptors (Lipinski definition) is 2. The number of carboxylic acids is 1. The number of rotatable bonds is 3. The number of aliphatic carboxylic acids is 1. The average molecular weight is 260 g/mol. The van der Waals surface area contributed by atoms with Gasteiger partial charge in [0, 0.05) is 30.9 Å². The molecule has 0 radical (unpaired) electrons. The Bertz CT molecular complexity index is 442. The fourth-order valence-electron chi connectivity index (χ4n) is 1.21. The molecule has 0 bridgehead atoms. The second kappa shape index (κ2) is 5.23. The summed E-state index contributed by atoms with van der Waals surface area (Å²) in [6.45, 7) is 0. The van der Waals surface area contributed by atoms with Crippen LogP contribution in [0, 0.1) is 0 Å². The van der Waals surface area contributed by atoms with Gasteiger partial charge in [0.25, 0.3) is 0 Å². The summed E-state index contributed by atoms with van der Waals surface area (Å²) < 4.78 is 0. The molecule has 0 fully saturated rings. The van der Waals surface area contributed by atoms with Crippen LogP contribution in [-0.4, -0.2) is 30.1 Å². The van der Waals surface area contributed by atoms with Gasteiger partial charge in [0.05, 0.1) is 10.6 Å². The van der Waals surface area contributed by atoms with Gasteiger partial charge in [0.15, 0.2) is 0 Å². The molecule has 0 saturated carbocycles. The first kappa shape index (κ1) is 12.9. The molecule has 16 heavy (non-hydrogen) atoms. The second-order valence-electron chi connectivity index (χ2n) is 3.44. The molecule has 0 spiro atoms. The Kier molecular flexibility index (Phi) is 4.21. The van der Waals surface area contributed by atoms with Crippen LogP contribution in [0.3, 0.4) is 0 Å². The van der Waals surface area contributed by atoms with Gasteiger partial charge in [-0.15, -0.1) is 0 Å². The average Bonchev–Trinajstić information content (AvgIpc) is 2.14. The monoisotopic (exact) mass is 259 g/mol. The van der Waals surface area contributed by atoms with Gasteiger partial charge in [-0.3, -0.25) is 0 Å². The Balaban J connectivity index is 3.27. The molecule has 3 nitrogen and oxygen atoms in total. The predicted molar refractivity (Wildman–Crippen MR) is 65.8 cm³/mol. The van der Waals surface area contributed by atoms with E-state index in [0.717, 1.165) is 0 Å². The fourth-order valence-corrected chi connectivity index (χ4v) is 1.72. The summed E-state index contributed by atoms with van der Waals surface area (Å²) in [4.78, 5) is 12.7. The van der Waals surface area contributed by atoms with E-state index in [-0.39, 0.29) is 5.57 Å². The van der Waals surface area contributed by atoms with Crippen LogP contribution in [0.25, 0.3) is 5.57 Å². The molecule has 1 rings (SSSR count). The van der Waals surface area contributed by atoms with E-state index in [2.05, 4.69) is 0 Å². The van der Waals surface area contributed by atoms with Crippen molar-refractivity contribution in [2.45, 2.75) is 0 Å². The Morgan fingerprint density at radius 2 is 2.00 bits per heavy atom. The number of carbonyl (C=O) groups is 1. The number of benzene rings is 1. The molecule has 5 heteroatoms. The zero-order valence-corrected chi connectivity index (χ0v) is 10.4. The highest BCUT2D eigenvalue weighted by Gasteiger charge is 2.14. The van der Waals surface area contributed by atoms with E-state index < -0.39 is 5.97 Å². The first-order valence-corrected chi connectivity index (χ1v) is 5.24. The van der Waals surface area contributed by atoms with Crippen LogP contribution in [0.5, 0.6) is 0 Å². The standard InChI is InChI=1S/C11H11Cl2NO2/c1-14(2)6-9(11(15)16)8-4-3-7(12)5-10(8)13/h3-6H,1-2H3,(H,15,16)/b9-6-. The third-order valence-corrected chi connectivity index (χ3v) is 2.39. The zero-order chi connectivity index (χ0) is 12.3. The van der Waals surface area contributed by atoms with Gasteiger partial charge >= 0.3 is 5.97 Å². The fraction of sp³-hybridized carbons (Fsp3) is 0.182. The van der Waals surface area contributed by atoms with Crippen LogP contribution >= 0.6 is 23.2 Å². The molecule has 0 aliphatic carbocycles. The molecule has 86 valence electrons. The van der Waals surface area contributed by atoms with Crippen LogP contribution in [0.4, 0.5) is 0 Å². The smallest absolute Gasteiger partial charge is 0.337 e. The van der Waals surface area contributed by atoms with Gasteiger partial charge < -0.3 is 10.0 Å². The van der Waals surface area contributed by atoms with Gasteiger partial charge in [-0.2, -0.15) is 0 Å². The predicted octanol–water partition coefficient (Wildman–Crippen LogP) is 2.98. The van der Waals surface area contributed by atoms with Gasteiger partial charge in [-0.1, -0.05) is 29.3 Å². The Morgan fingerprint density at radius 1 is 1.38 bits per heavy atom. The van der Waals surface area contributed by atoms with Crippen molar-refractivity contribution < 1.29 is 9.90 Å². The van der Waals surface area contributed by atoms with E-state index in [9.17, 15) is 4.79 Å². The van der Waals surface area contributed by atoms with Gasteiger partial charge in [-0.05, 0) is 12.1 Å². The molecule has 0 atom stereocenters. The topological polar surface area (TPSA) is 40.5 Å². The highest BCUT2D eigenvalue weighted by Crippen LogP contribution is 2.27. The Morgan fingerprint density at radius 3 is 2.44 bits per heavy atom. The lowest BCUT2D eigenvalue weighted by Gasteiger charge is -2.10. The van der Waals surface area contributed by atoms with E-state index in [1.54, 1.807) is 31.1 Å². The number of halogens is 2. The molecule has 1 N–H and O–H groups in total. The van der Waals surface area contributed by atoms with Crippen LogP contribution in [0.15, 0.2) is 24.4 Å². The molecule has 0 aliphatic rings. The van der Waals surface area contributed by atoms with Gasteiger partial charge in [0.1, 0.15) is 0 Å². The Labute approximate surface area is 104 Å². The van der Waals surface area contributed by atoms with Crippen molar-refractivity contribution in [2.24, 2.45) is 0 Å². The van der Waals surface area contributed by atoms with Gasteiger partial charge in [0.2, 0.25) is 0 Å². The Hall–Kier alpha value is -1.19. The molecule has 0 aromatic heterocycles. The lowest BCUT2D eigenvalue weighted by atomic mass is 10.1. The maximum atomic E-state index is 11.1. The van der Waals surface area contributed by atoms with E-state index in [1.807, 2.05) is 0 Å². The lowest BCUT2D eigenvalue weighted by Crippen LogP contribution is -2.08. The zero-order valence-electron chi connectivity index (χ0n) is 8.87. The third kappa shape index (κ3) is 3.15. The highest BCUT2D eigenvalue weighted by atomic mass is 35.5. The summed E-state index contributed by atoms with van der Waals surface area (Å²) in [5.74, 6) is -1.03. The van der Waals surface area contributed by atoms with E-state index in [1.165, 1.54) is 12.3 Å². The summed E-state index contributed by atoms with van der Waals surface area (Å²) in [7, 11) is 3.49. The van der Waals surface area contributed by atoms with Crippen molar-refractivity contribution in [1.82, 2.24) is 4.90 Å². The first-order valence-electron chi connectivity index (χ1n) is 4.49. The first-order chi connectivity index (χ1) is 7.41. The minimum Gasteiger partial charge on any atom is -0.478 e. The molecule has 1 aromatic carbocycles. The molecular formula is C11H11Cl2NO2. The van der Waals surface area contributed by atoms with Crippen LogP contribution in [0.1, 0.15) is 5.56 Å². The highest BCUT2D eigenvalue weighted by molar-refractivity contribution is 6.37. The summed E-state index contributed by atoms with van der Waals surface area (Å²) >= 11 is 11.7. The van der Waals surface area contributed by atoms with Crippen molar-refractivity contribution in [1.29, 1.82) is 0 Å². The van der Waals surface area contributed by atoms with E-state index in [4.69, 9.17) is 28.3 Å². The number of carboxylic acid groups (broad SMARTS) is 1. The third-order valence-electron chi connectivity index (χ3n) is 1.84. The SMILES string of the molecule is CN(C)/C=C(\C(=O)O)c1ccc(Cl)cc1Cl. The maximum Gasteiger partial charge on any atom is 0.337 e. The summed E-state index contributed by atoms with van der Waals surface area (Å²) in [6.07, 6.45) is 1.50. The summed E-state index contributed by atoms with van der Waals surface area (Å²) in [5.41, 5.74) is 0.582. The van der Waals surface area contributed by atoms with Crippen LogP contribution in [-0.2, 0) is 4.79 Å². The quantitative estimate of drug-likeness (QED) is 0.849. The number of nitrogens with zero attached hydrogens (tertiary/aromatic N) is 1. The van der Waals surface area contributed by atoms with Crippen molar-refractivity contribution in [3.63, 3.8) is 0 Å². The normalized spacial score (nSPS) is 11.4. The summed E-state index contributed by atoms with van der Waals surface area (Å²) in [6, 6.07) is 4.72. The molecule has 0 heterocycles. The molecule has 1 aromatic rings. The van der Waals surface area contributed by atoms with Crippen molar-refractivity contribution in [3.8, 4) is 0 Å². The van der Waals surface area contributed by atoms with Crippen LogP contribution in [0.2, 0.25) is 10.0 Å². The van der Waals surface area contributed by atoms with Crippen molar-refractivity contribution in [3.05, 3.63) is 40.0 Å². The van der Waals surface area contributed by atoms with Gasteiger partial charge in [-0.25, -0.2) is 4.79 Å². The minimum atomic E-state index is -1.03. The number of hydrogen-bond donors (Lipinski definition) is 1.